The second-order valence-corrected chi connectivity index (χ2v) is 6.95. The topological polar surface area (TPSA) is 50.2 Å². The molecule has 0 spiro atoms. The van der Waals surface area contributed by atoms with Crippen molar-refractivity contribution in [2.45, 2.75) is 45.8 Å². The molecule has 26 heavy (non-hydrogen) atoms. The maximum atomic E-state index is 12.9. The van der Waals surface area contributed by atoms with Gasteiger partial charge in [0.15, 0.2) is 0 Å². The zero-order valence-electron chi connectivity index (χ0n) is 15.3. The molecule has 3 aromatic rings. The maximum Gasteiger partial charge on any atom is 0.322 e. The number of amides is 2. The molecule has 0 radical (unpaired) electrons. The molecular weight excluding hydrogens is 324 g/mol. The van der Waals surface area contributed by atoms with Gasteiger partial charge in [-0.3, -0.25) is 4.98 Å². The fraction of sp³-hybridized carbons (Fsp3) is 0.333. The molecule has 0 atom stereocenters. The first-order valence-corrected chi connectivity index (χ1v) is 9.22. The smallest absolute Gasteiger partial charge is 0.322 e. The number of pyridine rings is 1. The molecule has 4 rings (SSSR count). The summed E-state index contributed by atoms with van der Waals surface area (Å²) in [6, 6.07) is 12.5. The van der Waals surface area contributed by atoms with Crippen molar-refractivity contribution in [3.63, 3.8) is 0 Å². The number of fused-ring (bicyclic) bond motifs is 1. The van der Waals surface area contributed by atoms with E-state index in [-0.39, 0.29) is 6.03 Å². The molecule has 134 valence electrons. The molecule has 1 aliphatic carbocycles. The second kappa shape index (κ2) is 6.83. The van der Waals surface area contributed by atoms with E-state index in [9.17, 15) is 4.79 Å². The van der Waals surface area contributed by atoms with Crippen LogP contribution in [-0.2, 0) is 13.1 Å². The first kappa shape index (κ1) is 16.6. The van der Waals surface area contributed by atoms with E-state index in [0.29, 0.717) is 12.6 Å². The predicted molar refractivity (Wildman–Crippen MR) is 104 cm³/mol. The summed E-state index contributed by atoms with van der Waals surface area (Å²) in [6.45, 7) is 5.83. The lowest BCUT2D eigenvalue weighted by atomic mass is 10.2. The van der Waals surface area contributed by atoms with Crippen molar-refractivity contribution in [2.75, 3.05) is 5.32 Å². The predicted octanol–water partition coefficient (Wildman–Crippen LogP) is 4.56. The Balaban J connectivity index is 1.53. The number of nitrogens with one attached hydrogen (secondary N) is 1. The number of aryl methyl sites for hydroxylation is 2. The van der Waals surface area contributed by atoms with Crippen molar-refractivity contribution in [1.29, 1.82) is 0 Å². The number of nitrogens with zero attached hydrogens (tertiary/aromatic N) is 3. The highest BCUT2D eigenvalue weighted by Gasteiger charge is 2.32. The molecule has 0 unspecified atom stereocenters. The van der Waals surface area contributed by atoms with E-state index in [4.69, 9.17) is 0 Å². The number of aromatic nitrogens is 2. The molecule has 0 saturated heterocycles. The van der Waals surface area contributed by atoms with Gasteiger partial charge < -0.3 is 14.8 Å². The number of benzene rings is 1. The Morgan fingerprint density at radius 2 is 2.00 bits per heavy atom. The van der Waals surface area contributed by atoms with Crippen LogP contribution in [0.3, 0.4) is 0 Å². The van der Waals surface area contributed by atoms with E-state index in [1.807, 2.05) is 23.1 Å². The van der Waals surface area contributed by atoms with Crippen LogP contribution < -0.4 is 5.32 Å². The van der Waals surface area contributed by atoms with Crippen molar-refractivity contribution in [3.8, 4) is 0 Å². The molecule has 1 aromatic carbocycles. The Morgan fingerprint density at radius 3 is 2.69 bits per heavy atom. The average Bonchev–Trinajstić information content (AvgIpc) is 3.43. The highest BCUT2D eigenvalue weighted by molar-refractivity contribution is 5.93. The Morgan fingerprint density at radius 1 is 1.23 bits per heavy atom. The third-order valence-corrected chi connectivity index (χ3v) is 5.03. The summed E-state index contributed by atoms with van der Waals surface area (Å²) in [4.78, 5) is 18.8. The van der Waals surface area contributed by atoms with Crippen molar-refractivity contribution < 1.29 is 4.79 Å². The van der Waals surface area contributed by atoms with Crippen molar-refractivity contribution >= 4 is 22.6 Å². The van der Waals surface area contributed by atoms with Gasteiger partial charge in [0.25, 0.3) is 0 Å². The van der Waals surface area contributed by atoms with Crippen molar-refractivity contribution in [1.82, 2.24) is 14.5 Å². The van der Waals surface area contributed by atoms with E-state index < -0.39 is 0 Å². The van der Waals surface area contributed by atoms with E-state index in [1.54, 1.807) is 12.4 Å². The Kier molecular flexibility index (Phi) is 4.37. The summed E-state index contributed by atoms with van der Waals surface area (Å²) in [5, 5.41) is 4.25. The molecule has 2 aromatic heterocycles. The van der Waals surface area contributed by atoms with Gasteiger partial charge in [0.1, 0.15) is 0 Å². The van der Waals surface area contributed by atoms with Gasteiger partial charge in [0.05, 0.1) is 0 Å². The molecule has 5 heteroatoms. The van der Waals surface area contributed by atoms with Gasteiger partial charge in [-0.1, -0.05) is 0 Å². The summed E-state index contributed by atoms with van der Waals surface area (Å²) >= 11 is 0. The Bertz CT molecular complexity index is 928. The lowest BCUT2D eigenvalue weighted by Crippen LogP contribution is -2.36. The van der Waals surface area contributed by atoms with Gasteiger partial charge in [0, 0.05) is 53.8 Å². The van der Waals surface area contributed by atoms with E-state index in [2.05, 4.69) is 46.9 Å². The molecule has 0 bridgehead atoms. The summed E-state index contributed by atoms with van der Waals surface area (Å²) in [5.41, 5.74) is 4.39. The van der Waals surface area contributed by atoms with Gasteiger partial charge >= 0.3 is 6.03 Å². The van der Waals surface area contributed by atoms with E-state index in [0.717, 1.165) is 36.0 Å². The minimum Gasteiger partial charge on any atom is -0.345 e. The third kappa shape index (κ3) is 3.29. The number of carbonyl (C=O) groups excluding carboxylic acids is 1. The molecule has 1 aliphatic rings. The number of rotatable bonds is 5. The Labute approximate surface area is 153 Å². The van der Waals surface area contributed by atoms with E-state index >= 15 is 0 Å². The SMILES string of the molecule is CCn1c(C)cc2cc(NC(=O)N(Cc3ccncc3)C3CC3)ccc21. The fourth-order valence-corrected chi connectivity index (χ4v) is 3.54. The molecule has 1 saturated carbocycles. The number of hydrogen-bond acceptors (Lipinski definition) is 2. The summed E-state index contributed by atoms with van der Waals surface area (Å²) in [5.74, 6) is 0. The van der Waals surface area contributed by atoms with Crippen LogP contribution in [0, 0.1) is 6.92 Å². The molecular formula is C21H24N4O. The average molecular weight is 348 g/mol. The lowest BCUT2D eigenvalue weighted by molar-refractivity contribution is 0.206. The van der Waals surface area contributed by atoms with Crippen LogP contribution in [-0.4, -0.2) is 26.5 Å². The van der Waals surface area contributed by atoms with Gasteiger partial charge in [-0.15, -0.1) is 0 Å². The normalized spacial score (nSPS) is 13.8. The number of carbonyl (C=O) groups is 1. The van der Waals surface area contributed by atoms with Gasteiger partial charge in [-0.25, -0.2) is 4.79 Å². The summed E-state index contributed by atoms with van der Waals surface area (Å²) < 4.78 is 2.28. The lowest BCUT2D eigenvalue weighted by Gasteiger charge is -2.23. The molecule has 5 nitrogen and oxygen atoms in total. The highest BCUT2D eigenvalue weighted by atomic mass is 16.2. The first-order chi connectivity index (χ1) is 12.7. The van der Waals surface area contributed by atoms with Crippen LogP contribution in [0.2, 0.25) is 0 Å². The number of hydrogen-bond donors (Lipinski definition) is 1. The zero-order chi connectivity index (χ0) is 18.1. The molecule has 1 fully saturated rings. The second-order valence-electron chi connectivity index (χ2n) is 6.95. The largest absolute Gasteiger partial charge is 0.345 e. The maximum absolute atomic E-state index is 12.9. The molecule has 2 amide bonds. The van der Waals surface area contributed by atoms with Crippen molar-refractivity contribution in [2.24, 2.45) is 0 Å². The first-order valence-electron chi connectivity index (χ1n) is 9.22. The molecule has 0 aliphatic heterocycles. The van der Waals surface area contributed by atoms with Gasteiger partial charge in [0.2, 0.25) is 0 Å². The zero-order valence-corrected chi connectivity index (χ0v) is 15.3. The third-order valence-electron chi connectivity index (χ3n) is 5.03. The van der Waals surface area contributed by atoms with Crippen LogP contribution in [0.5, 0.6) is 0 Å². The number of urea groups is 1. The fourth-order valence-electron chi connectivity index (χ4n) is 3.54. The highest BCUT2D eigenvalue weighted by Crippen LogP contribution is 2.29. The summed E-state index contributed by atoms with van der Waals surface area (Å²) in [7, 11) is 0. The Hall–Kier alpha value is -2.82. The number of anilines is 1. The van der Waals surface area contributed by atoms with Crippen LogP contribution in [0.4, 0.5) is 10.5 Å². The van der Waals surface area contributed by atoms with Gasteiger partial charge in [-0.2, -0.15) is 0 Å². The minimum absolute atomic E-state index is 0.0321. The summed E-state index contributed by atoms with van der Waals surface area (Å²) in [6.07, 6.45) is 5.70. The van der Waals surface area contributed by atoms with Crippen molar-refractivity contribution in [3.05, 3.63) is 60.0 Å². The minimum atomic E-state index is -0.0321. The van der Waals surface area contributed by atoms with E-state index in [1.165, 1.54) is 11.2 Å². The standard InChI is InChI=1S/C21H24N4O/c1-3-24-15(2)12-17-13-18(4-7-20(17)24)23-21(26)25(19-5-6-19)14-16-8-10-22-11-9-16/h4,7-13,19H,3,5-6,14H2,1-2H3,(H,23,26). The quantitative estimate of drug-likeness (QED) is 0.735. The van der Waals surface area contributed by atoms with Crippen LogP contribution >= 0.6 is 0 Å². The molecule has 2 heterocycles. The monoisotopic (exact) mass is 348 g/mol. The van der Waals surface area contributed by atoms with Crippen LogP contribution in [0.15, 0.2) is 48.8 Å². The van der Waals surface area contributed by atoms with Gasteiger partial charge in [-0.05, 0) is 68.7 Å². The molecule has 1 N–H and O–H groups in total. The van der Waals surface area contributed by atoms with Crippen LogP contribution in [0.25, 0.3) is 10.9 Å². The van der Waals surface area contributed by atoms with Crippen LogP contribution in [0.1, 0.15) is 31.0 Å².